The number of hydrogen-bond donors (Lipinski definition) is 2. The lowest BCUT2D eigenvalue weighted by molar-refractivity contribution is -0.125. The third-order valence-corrected chi connectivity index (χ3v) is 11.6. The number of alkyl carbamates (subject to hydrolysis) is 1. The Kier molecular flexibility index (Phi) is 13.1. The third kappa shape index (κ3) is 9.97. The number of nitrogens with one attached hydrogen (secondary N) is 2. The second-order valence-electron chi connectivity index (χ2n) is 12.2. The maximum Gasteiger partial charge on any atom is 0.408 e. The average Bonchev–Trinajstić information content (AvgIpc) is 2.91. The highest BCUT2D eigenvalue weighted by Gasteiger charge is 2.46. The van der Waals surface area contributed by atoms with Crippen LogP contribution in [0.4, 0.5) is 4.79 Å². The van der Waals surface area contributed by atoms with Crippen molar-refractivity contribution < 1.29 is 31.3 Å². The Morgan fingerprint density at radius 1 is 0.732 bits per heavy atom. The first-order chi connectivity index (χ1) is 18.9. The van der Waals surface area contributed by atoms with Gasteiger partial charge in [-0.2, -0.15) is 0 Å². The zero-order chi connectivity index (χ0) is 29.3. The fraction of sp³-hybridized carbons (Fsp3) is 0.412. The highest BCUT2D eigenvalue weighted by molar-refractivity contribution is 7.88. The van der Waals surface area contributed by atoms with Crippen molar-refractivity contribution in [1.29, 1.82) is 0 Å². The van der Waals surface area contributed by atoms with Crippen molar-refractivity contribution in [3.8, 4) is 0 Å². The summed E-state index contributed by atoms with van der Waals surface area (Å²) in [7, 11) is -2.03. The van der Waals surface area contributed by atoms with E-state index in [0.717, 1.165) is 12.3 Å². The lowest BCUT2D eigenvalue weighted by Crippen LogP contribution is -3.00. The zero-order valence-electron chi connectivity index (χ0n) is 25.4. The monoisotopic (exact) mass is 640 g/mol. The molecule has 3 aromatic rings. The highest BCUT2D eigenvalue weighted by atomic mass is 79.9. The van der Waals surface area contributed by atoms with E-state index in [1.165, 1.54) is 16.2 Å². The first-order valence-electron chi connectivity index (χ1n) is 14.2. The summed E-state index contributed by atoms with van der Waals surface area (Å²) in [5.74, 6) is -0.105. The number of halogens is 1. The van der Waals surface area contributed by atoms with Gasteiger partial charge in [-0.25, -0.2) is 4.79 Å². The van der Waals surface area contributed by atoms with Gasteiger partial charge in [-0.3, -0.25) is 4.79 Å². The second-order valence-corrected chi connectivity index (χ2v) is 15.8. The Labute approximate surface area is 258 Å². The molecule has 0 fully saturated rings. The van der Waals surface area contributed by atoms with Crippen LogP contribution in [0.5, 0.6) is 0 Å². The SMILES string of the molecule is CC(C)C(NC(=O)OC(C)(C)C)C(=O)N[C@H](C[P+](Cc1ccccc1)(c1ccccc1)c1ccccc1)C(C)C.[Br-]. The van der Waals surface area contributed by atoms with Crippen molar-refractivity contribution >= 4 is 29.9 Å². The molecule has 0 bridgehead atoms. The molecule has 3 rings (SSSR count). The Morgan fingerprint density at radius 3 is 1.61 bits per heavy atom. The number of rotatable bonds is 11. The van der Waals surface area contributed by atoms with Gasteiger partial charge in [0, 0.05) is 0 Å². The van der Waals surface area contributed by atoms with Crippen LogP contribution in [0.15, 0.2) is 91.0 Å². The maximum atomic E-state index is 13.7. The predicted octanol–water partition coefficient (Wildman–Crippen LogP) is 3.55. The van der Waals surface area contributed by atoms with Gasteiger partial charge in [-0.1, -0.05) is 94.4 Å². The molecule has 0 aliphatic rings. The van der Waals surface area contributed by atoms with Crippen molar-refractivity contribution in [1.82, 2.24) is 10.6 Å². The number of ether oxygens (including phenoxy) is 1. The fourth-order valence-corrected chi connectivity index (χ4v) is 9.65. The van der Waals surface area contributed by atoms with E-state index < -0.39 is 25.0 Å². The molecule has 222 valence electrons. The summed E-state index contributed by atoms with van der Waals surface area (Å²) < 4.78 is 5.46. The Morgan fingerprint density at radius 2 is 1.20 bits per heavy atom. The summed E-state index contributed by atoms with van der Waals surface area (Å²) in [6.45, 7) is 13.6. The average molecular weight is 642 g/mol. The maximum absolute atomic E-state index is 13.7. The van der Waals surface area contributed by atoms with E-state index in [9.17, 15) is 9.59 Å². The molecular formula is C34H46BrN2O3P. The van der Waals surface area contributed by atoms with Crippen molar-refractivity contribution in [2.75, 3.05) is 6.16 Å². The first-order valence-corrected chi connectivity index (χ1v) is 16.4. The van der Waals surface area contributed by atoms with Crippen molar-refractivity contribution in [2.24, 2.45) is 11.8 Å². The van der Waals surface area contributed by atoms with Gasteiger partial charge in [0.15, 0.2) is 0 Å². The lowest BCUT2D eigenvalue weighted by atomic mass is 10.0. The van der Waals surface area contributed by atoms with E-state index in [0.29, 0.717) is 0 Å². The van der Waals surface area contributed by atoms with E-state index in [-0.39, 0.29) is 40.8 Å². The summed E-state index contributed by atoms with van der Waals surface area (Å²) in [5.41, 5.74) is 0.638. The lowest BCUT2D eigenvalue weighted by Gasteiger charge is -2.34. The van der Waals surface area contributed by atoms with Crippen LogP contribution in [0.2, 0.25) is 0 Å². The largest absolute Gasteiger partial charge is 1.00 e. The van der Waals surface area contributed by atoms with Gasteiger partial charge in [0.05, 0.1) is 36.2 Å². The van der Waals surface area contributed by atoms with Crippen LogP contribution in [0.1, 0.15) is 54.0 Å². The molecular weight excluding hydrogens is 595 g/mol. The van der Waals surface area contributed by atoms with Crippen LogP contribution in [0.25, 0.3) is 0 Å². The van der Waals surface area contributed by atoms with Gasteiger partial charge in [-0.05, 0) is 62.4 Å². The normalized spacial score (nSPS) is 13.2. The van der Waals surface area contributed by atoms with Crippen LogP contribution in [-0.2, 0) is 15.7 Å². The first kappa shape index (κ1) is 34.5. The van der Waals surface area contributed by atoms with Gasteiger partial charge < -0.3 is 32.4 Å². The van der Waals surface area contributed by atoms with Crippen molar-refractivity contribution in [3.63, 3.8) is 0 Å². The molecule has 0 aromatic heterocycles. The fourth-order valence-electron chi connectivity index (χ4n) is 4.93. The minimum Gasteiger partial charge on any atom is -1.00 e. The van der Waals surface area contributed by atoms with Crippen molar-refractivity contribution in [3.05, 3.63) is 96.6 Å². The summed E-state index contributed by atoms with van der Waals surface area (Å²) in [6, 6.07) is 31.4. The quantitative estimate of drug-likeness (QED) is 0.315. The van der Waals surface area contributed by atoms with Crippen LogP contribution < -0.4 is 38.2 Å². The van der Waals surface area contributed by atoms with Gasteiger partial charge in [-0.15, -0.1) is 0 Å². The van der Waals surface area contributed by atoms with Gasteiger partial charge in [0.2, 0.25) is 5.91 Å². The summed E-state index contributed by atoms with van der Waals surface area (Å²) >= 11 is 0. The standard InChI is InChI=1S/C34H45N2O3P.BrH/c1-25(2)30(35-32(37)31(26(3)4)36-33(38)39-34(5,6)7)24-40(28-19-13-9-14-20-28,29-21-15-10-16-22-29)23-27-17-11-8-12-18-27;/h8-22,25-26,30-31H,23-24H2,1-7H3,(H-,35,36,37,38);1H/t30-,31?;/m1./s1. The molecule has 0 heterocycles. The van der Waals surface area contributed by atoms with Gasteiger partial charge in [0.1, 0.15) is 11.6 Å². The second kappa shape index (κ2) is 15.5. The Bertz CT molecular complexity index is 1180. The molecule has 3 aromatic carbocycles. The number of hydrogen-bond acceptors (Lipinski definition) is 3. The molecule has 41 heavy (non-hydrogen) atoms. The van der Waals surface area contributed by atoms with Crippen molar-refractivity contribution in [2.45, 2.75) is 72.3 Å². The predicted molar refractivity (Wildman–Crippen MR) is 169 cm³/mol. The molecule has 0 spiro atoms. The third-order valence-electron chi connectivity index (χ3n) is 7.06. The number of carbonyl (C=O) groups excluding carboxylic acids is 2. The zero-order valence-corrected chi connectivity index (χ0v) is 27.9. The molecule has 0 saturated heterocycles. The van der Waals surface area contributed by atoms with Gasteiger partial charge >= 0.3 is 6.09 Å². The highest BCUT2D eigenvalue weighted by Crippen LogP contribution is 2.60. The Balaban J connectivity index is 0.00000588. The minimum atomic E-state index is -2.03. The van der Waals surface area contributed by atoms with Crippen LogP contribution in [0.3, 0.4) is 0 Å². The summed E-state index contributed by atoms with van der Waals surface area (Å²) in [5, 5.41) is 8.82. The van der Waals surface area contributed by atoms with E-state index in [4.69, 9.17) is 4.74 Å². The van der Waals surface area contributed by atoms with E-state index in [1.807, 2.05) is 34.6 Å². The number of carbonyl (C=O) groups is 2. The molecule has 1 unspecified atom stereocenters. The molecule has 2 amide bonds. The summed E-state index contributed by atoms with van der Waals surface area (Å²) in [4.78, 5) is 26.3. The van der Waals surface area contributed by atoms with E-state index >= 15 is 0 Å². The van der Waals surface area contributed by atoms with E-state index in [2.05, 4.69) is 115 Å². The minimum absolute atomic E-state index is 0. The number of benzene rings is 3. The summed E-state index contributed by atoms with van der Waals surface area (Å²) in [6.07, 6.45) is 1.11. The van der Waals surface area contributed by atoms with E-state index in [1.54, 1.807) is 0 Å². The van der Waals surface area contributed by atoms with Crippen LogP contribution in [0, 0.1) is 11.8 Å². The Hall–Kier alpha value is -2.69. The van der Waals surface area contributed by atoms with Gasteiger partial charge in [0.25, 0.3) is 0 Å². The molecule has 2 N–H and O–H groups in total. The molecule has 5 nitrogen and oxygen atoms in total. The topological polar surface area (TPSA) is 67.4 Å². The molecule has 0 radical (unpaired) electrons. The molecule has 0 aliphatic carbocycles. The molecule has 7 heteroatoms. The molecule has 0 aliphatic heterocycles. The van der Waals surface area contributed by atoms with Crippen LogP contribution >= 0.6 is 7.26 Å². The smallest absolute Gasteiger partial charge is 0.408 e. The molecule has 2 atom stereocenters. The van der Waals surface area contributed by atoms with Crippen LogP contribution in [-0.4, -0.2) is 35.8 Å². The molecule has 0 saturated carbocycles. The number of amides is 2.